The highest BCUT2D eigenvalue weighted by Gasteiger charge is 2.30. The van der Waals surface area contributed by atoms with Gasteiger partial charge in [-0.3, -0.25) is 0 Å². The van der Waals surface area contributed by atoms with Crippen LogP contribution in [0.2, 0.25) is 0 Å². The van der Waals surface area contributed by atoms with Crippen molar-refractivity contribution in [2.45, 2.75) is 17.9 Å². The minimum Gasteiger partial charge on any atom is -0.497 e. The number of sulfonamides is 1. The first-order valence-corrected chi connectivity index (χ1v) is 10.7. The number of aromatic nitrogens is 1. The highest BCUT2D eigenvalue weighted by molar-refractivity contribution is 7.89. The molecule has 0 amide bonds. The number of aromatic amines is 1. The summed E-state index contributed by atoms with van der Waals surface area (Å²) in [6.07, 6.45) is 0.666. The van der Waals surface area contributed by atoms with Crippen LogP contribution < -0.4 is 4.74 Å². The van der Waals surface area contributed by atoms with Gasteiger partial charge in [0.25, 0.3) is 0 Å². The molecule has 4 aromatic rings. The number of methoxy groups -OCH3 is 1. The summed E-state index contributed by atoms with van der Waals surface area (Å²) in [5, 5.41) is 2.98. The largest absolute Gasteiger partial charge is 0.497 e. The van der Waals surface area contributed by atoms with E-state index in [4.69, 9.17) is 4.74 Å². The van der Waals surface area contributed by atoms with Gasteiger partial charge in [-0.05, 0) is 46.7 Å². The predicted octanol–water partition coefficient (Wildman–Crippen LogP) is 4.08. The molecule has 1 aliphatic rings. The summed E-state index contributed by atoms with van der Waals surface area (Å²) in [7, 11) is -1.93. The standard InChI is InChI=1S/C22H20N2O3S/c1-27-17-7-9-21-19(13-17)20-14-24(11-10-22(20)23-21)28(25,26)18-8-6-15-4-2-3-5-16(15)12-18/h2-9,12-13,23H,10-11,14H2,1H3. The van der Waals surface area contributed by atoms with Crippen LogP contribution in [0.5, 0.6) is 5.75 Å². The minimum atomic E-state index is -3.57. The molecule has 142 valence electrons. The minimum absolute atomic E-state index is 0.340. The fourth-order valence-corrected chi connectivity index (χ4v) is 5.42. The van der Waals surface area contributed by atoms with Crippen LogP contribution in [0.15, 0.2) is 65.6 Å². The van der Waals surface area contributed by atoms with Crippen molar-refractivity contribution >= 4 is 31.7 Å². The first-order chi connectivity index (χ1) is 13.6. The number of nitrogens with one attached hydrogen (secondary N) is 1. The predicted molar refractivity (Wildman–Crippen MR) is 110 cm³/mol. The van der Waals surface area contributed by atoms with Crippen molar-refractivity contribution < 1.29 is 13.2 Å². The molecule has 5 nitrogen and oxygen atoms in total. The summed E-state index contributed by atoms with van der Waals surface area (Å²) >= 11 is 0. The molecule has 6 heteroatoms. The molecule has 0 atom stereocenters. The molecule has 0 radical (unpaired) electrons. The first-order valence-electron chi connectivity index (χ1n) is 9.23. The van der Waals surface area contributed by atoms with Crippen LogP contribution >= 0.6 is 0 Å². The smallest absolute Gasteiger partial charge is 0.243 e. The lowest BCUT2D eigenvalue weighted by Gasteiger charge is -2.26. The molecule has 3 aromatic carbocycles. The van der Waals surface area contributed by atoms with Crippen LogP contribution in [-0.4, -0.2) is 31.4 Å². The SMILES string of the molecule is COc1ccc2[nH]c3c(c2c1)CN(S(=O)(=O)c1ccc2ccccc2c1)CC3. The Kier molecular flexibility index (Phi) is 3.92. The van der Waals surface area contributed by atoms with Gasteiger partial charge in [0.15, 0.2) is 0 Å². The van der Waals surface area contributed by atoms with Crippen LogP contribution in [0.3, 0.4) is 0 Å². The monoisotopic (exact) mass is 392 g/mol. The molecule has 0 spiro atoms. The topological polar surface area (TPSA) is 62.4 Å². The van der Waals surface area contributed by atoms with Gasteiger partial charge in [-0.2, -0.15) is 4.31 Å². The quantitative estimate of drug-likeness (QED) is 0.572. The fraction of sp³-hybridized carbons (Fsp3) is 0.182. The van der Waals surface area contributed by atoms with Crippen LogP contribution in [0.1, 0.15) is 11.3 Å². The van der Waals surface area contributed by atoms with E-state index in [1.807, 2.05) is 48.5 Å². The van der Waals surface area contributed by atoms with E-state index in [0.29, 0.717) is 24.4 Å². The zero-order valence-corrected chi connectivity index (χ0v) is 16.3. The van der Waals surface area contributed by atoms with Crippen LogP contribution in [0.25, 0.3) is 21.7 Å². The third-order valence-corrected chi connectivity index (χ3v) is 7.35. The number of hydrogen-bond acceptors (Lipinski definition) is 3. The molecule has 5 rings (SSSR count). The fourth-order valence-electron chi connectivity index (χ4n) is 3.98. The van der Waals surface area contributed by atoms with Gasteiger partial charge in [-0.25, -0.2) is 8.42 Å². The molecule has 0 fully saturated rings. The Balaban J connectivity index is 1.55. The number of rotatable bonds is 3. The van der Waals surface area contributed by atoms with E-state index < -0.39 is 10.0 Å². The van der Waals surface area contributed by atoms with Crippen LogP contribution in [0.4, 0.5) is 0 Å². The van der Waals surface area contributed by atoms with Crippen molar-refractivity contribution in [3.63, 3.8) is 0 Å². The average molecular weight is 392 g/mol. The van der Waals surface area contributed by atoms with Gasteiger partial charge in [0.1, 0.15) is 5.75 Å². The Morgan fingerprint density at radius 2 is 1.82 bits per heavy atom. The Morgan fingerprint density at radius 1 is 1.00 bits per heavy atom. The van der Waals surface area contributed by atoms with Crippen LogP contribution in [0, 0.1) is 0 Å². The molecule has 0 saturated carbocycles. The zero-order chi connectivity index (χ0) is 19.3. The number of benzene rings is 3. The third kappa shape index (κ3) is 2.68. The molecule has 1 aromatic heterocycles. The number of fused-ring (bicyclic) bond motifs is 4. The van der Waals surface area contributed by atoms with E-state index in [1.54, 1.807) is 23.5 Å². The summed E-state index contributed by atoms with van der Waals surface area (Å²) < 4.78 is 33.5. The summed E-state index contributed by atoms with van der Waals surface area (Å²) in [4.78, 5) is 3.77. The van der Waals surface area contributed by atoms with Crippen molar-refractivity contribution in [2.24, 2.45) is 0 Å². The Labute approximate surface area is 163 Å². The maximum absolute atomic E-state index is 13.3. The van der Waals surface area contributed by atoms with E-state index in [9.17, 15) is 8.42 Å². The molecular formula is C22H20N2O3S. The third-order valence-electron chi connectivity index (χ3n) is 5.51. The highest BCUT2D eigenvalue weighted by atomic mass is 32.2. The summed E-state index contributed by atoms with van der Waals surface area (Å²) in [6, 6.07) is 19.0. The maximum Gasteiger partial charge on any atom is 0.243 e. The Bertz CT molecular complexity index is 1310. The molecule has 1 N–H and O–H groups in total. The van der Waals surface area contributed by atoms with Gasteiger partial charge in [0.2, 0.25) is 10.0 Å². The Hall–Kier alpha value is -2.83. The normalized spacial score (nSPS) is 15.0. The van der Waals surface area contributed by atoms with Crippen molar-refractivity contribution in [1.82, 2.24) is 9.29 Å². The molecule has 2 heterocycles. The van der Waals surface area contributed by atoms with Gasteiger partial charge in [-0.1, -0.05) is 30.3 Å². The lowest BCUT2D eigenvalue weighted by molar-refractivity contribution is 0.391. The van der Waals surface area contributed by atoms with Gasteiger partial charge in [0, 0.05) is 36.1 Å². The van der Waals surface area contributed by atoms with Gasteiger partial charge < -0.3 is 9.72 Å². The molecule has 0 unspecified atom stereocenters. The number of hydrogen-bond donors (Lipinski definition) is 1. The summed E-state index contributed by atoms with van der Waals surface area (Å²) in [5.41, 5.74) is 3.15. The number of nitrogens with zero attached hydrogens (tertiary/aromatic N) is 1. The van der Waals surface area contributed by atoms with Gasteiger partial charge in [0.05, 0.1) is 12.0 Å². The molecular weight excluding hydrogens is 372 g/mol. The summed E-state index contributed by atoms with van der Waals surface area (Å²) in [5.74, 6) is 0.767. The van der Waals surface area contributed by atoms with Crippen molar-refractivity contribution in [3.05, 3.63) is 71.9 Å². The lowest BCUT2D eigenvalue weighted by atomic mass is 10.1. The van der Waals surface area contributed by atoms with Gasteiger partial charge >= 0.3 is 0 Å². The Morgan fingerprint density at radius 3 is 2.64 bits per heavy atom. The van der Waals surface area contributed by atoms with E-state index in [-0.39, 0.29) is 0 Å². The van der Waals surface area contributed by atoms with Crippen LogP contribution in [-0.2, 0) is 23.0 Å². The average Bonchev–Trinajstić information content (AvgIpc) is 3.10. The first kappa shape index (κ1) is 17.3. The molecule has 1 aliphatic heterocycles. The number of H-pyrrole nitrogens is 1. The number of ether oxygens (including phenoxy) is 1. The highest BCUT2D eigenvalue weighted by Crippen LogP contribution is 2.33. The maximum atomic E-state index is 13.3. The van der Waals surface area contributed by atoms with E-state index in [2.05, 4.69) is 4.98 Å². The zero-order valence-electron chi connectivity index (χ0n) is 15.5. The molecule has 0 saturated heterocycles. The summed E-state index contributed by atoms with van der Waals surface area (Å²) in [6.45, 7) is 0.823. The van der Waals surface area contributed by atoms with Crippen molar-refractivity contribution in [3.8, 4) is 5.75 Å². The lowest BCUT2D eigenvalue weighted by Crippen LogP contribution is -2.35. The molecule has 0 aliphatic carbocycles. The van der Waals surface area contributed by atoms with Gasteiger partial charge in [-0.15, -0.1) is 0 Å². The second-order valence-electron chi connectivity index (χ2n) is 7.09. The van der Waals surface area contributed by atoms with E-state index >= 15 is 0 Å². The van der Waals surface area contributed by atoms with E-state index in [1.165, 1.54) is 0 Å². The second-order valence-corrected chi connectivity index (χ2v) is 9.03. The van der Waals surface area contributed by atoms with E-state index in [0.717, 1.165) is 38.7 Å². The van der Waals surface area contributed by atoms with Crippen molar-refractivity contribution in [2.75, 3.05) is 13.7 Å². The van der Waals surface area contributed by atoms with Crippen molar-refractivity contribution in [1.29, 1.82) is 0 Å². The second kappa shape index (κ2) is 6.36. The molecule has 28 heavy (non-hydrogen) atoms. The molecule has 0 bridgehead atoms.